The first kappa shape index (κ1) is 10.1. The van der Waals surface area contributed by atoms with E-state index < -0.39 is 0 Å². The van der Waals surface area contributed by atoms with Crippen LogP contribution in [0.2, 0.25) is 0 Å². The van der Waals surface area contributed by atoms with Gasteiger partial charge < -0.3 is 9.47 Å². The Morgan fingerprint density at radius 1 is 1.47 bits per heavy atom. The molecule has 1 aliphatic heterocycles. The Labute approximate surface area is 88.2 Å². The van der Waals surface area contributed by atoms with Crippen LogP contribution in [-0.2, 0) is 14.3 Å². The zero-order valence-corrected chi connectivity index (χ0v) is 8.26. The van der Waals surface area contributed by atoms with Gasteiger partial charge in [0.2, 0.25) is 0 Å². The average molecular weight is 207 g/mol. The van der Waals surface area contributed by atoms with Crippen molar-refractivity contribution in [1.82, 2.24) is 5.32 Å². The monoisotopic (exact) mass is 207 g/mol. The van der Waals surface area contributed by atoms with Crippen molar-refractivity contribution < 1.29 is 14.3 Å². The van der Waals surface area contributed by atoms with Gasteiger partial charge >= 0.3 is 0 Å². The van der Waals surface area contributed by atoms with Crippen LogP contribution in [0.1, 0.15) is 11.7 Å². The van der Waals surface area contributed by atoms with Gasteiger partial charge in [-0.3, -0.25) is 10.1 Å². The fourth-order valence-electron chi connectivity index (χ4n) is 1.67. The van der Waals surface area contributed by atoms with Crippen molar-refractivity contribution in [1.29, 1.82) is 0 Å². The maximum absolute atomic E-state index is 10.4. The third-order valence-corrected chi connectivity index (χ3v) is 2.35. The van der Waals surface area contributed by atoms with E-state index in [2.05, 4.69) is 5.32 Å². The van der Waals surface area contributed by atoms with Crippen LogP contribution in [0.4, 0.5) is 0 Å². The molecule has 0 bridgehead atoms. The number of carbonyl (C=O) groups is 1. The van der Waals surface area contributed by atoms with Gasteiger partial charge in [0.05, 0.1) is 6.61 Å². The van der Waals surface area contributed by atoms with E-state index in [4.69, 9.17) is 9.47 Å². The van der Waals surface area contributed by atoms with E-state index >= 15 is 0 Å². The third kappa shape index (κ3) is 2.34. The first-order valence-corrected chi connectivity index (χ1v) is 4.91. The van der Waals surface area contributed by atoms with E-state index in [9.17, 15) is 4.79 Å². The minimum atomic E-state index is -0.369. The molecule has 1 aliphatic rings. The highest BCUT2D eigenvalue weighted by atomic mass is 16.6. The van der Waals surface area contributed by atoms with E-state index in [0.29, 0.717) is 13.1 Å². The van der Waals surface area contributed by atoms with Crippen LogP contribution in [0.5, 0.6) is 0 Å². The summed E-state index contributed by atoms with van der Waals surface area (Å²) in [5.74, 6) is 0. The number of ether oxygens (including phenoxy) is 2. The van der Waals surface area contributed by atoms with Crippen LogP contribution in [-0.4, -0.2) is 25.9 Å². The average Bonchev–Trinajstić information content (AvgIpc) is 2.80. The molecule has 0 amide bonds. The molecular weight excluding hydrogens is 194 g/mol. The Balaban J connectivity index is 2.15. The van der Waals surface area contributed by atoms with Crippen molar-refractivity contribution in [3.8, 4) is 0 Å². The molecule has 2 rings (SSSR count). The molecule has 2 unspecified atom stereocenters. The van der Waals surface area contributed by atoms with Crippen molar-refractivity contribution in [3.63, 3.8) is 0 Å². The molecule has 0 aliphatic carbocycles. The van der Waals surface area contributed by atoms with Crippen LogP contribution in [0.15, 0.2) is 30.3 Å². The summed E-state index contributed by atoms with van der Waals surface area (Å²) in [6.45, 7) is 1.90. The van der Waals surface area contributed by atoms with Crippen LogP contribution >= 0.6 is 0 Å². The van der Waals surface area contributed by atoms with E-state index in [0.717, 1.165) is 12.1 Å². The Hall–Kier alpha value is -1.39. The molecule has 1 aromatic carbocycles. The van der Waals surface area contributed by atoms with Crippen molar-refractivity contribution in [2.75, 3.05) is 13.2 Å². The lowest BCUT2D eigenvalue weighted by atomic mass is 10.1. The summed E-state index contributed by atoms with van der Waals surface area (Å²) in [5.41, 5.74) is 0.934. The number of benzene rings is 1. The maximum Gasteiger partial charge on any atom is 0.293 e. The molecule has 1 N–H and O–H groups in total. The molecule has 0 spiro atoms. The first-order valence-electron chi connectivity index (χ1n) is 4.91. The standard InChI is InChI=1S/C11H13NO3/c13-8-15-10(11-12-6-7-14-11)9-4-2-1-3-5-9/h1-5,8,10-12H,6-7H2. The van der Waals surface area contributed by atoms with Crippen molar-refractivity contribution in [2.24, 2.45) is 0 Å². The minimum absolute atomic E-state index is 0.238. The van der Waals surface area contributed by atoms with Gasteiger partial charge in [-0.05, 0) is 5.56 Å². The summed E-state index contributed by atoms with van der Waals surface area (Å²) < 4.78 is 10.5. The molecule has 0 aromatic heterocycles. The fraction of sp³-hybridized carbons (Fsp3) is 0.364. The molecule has 4 heteroatoms. The molecule has 80 valence electrons. The normalized spacial score (nSPS) is 22.3. The largest absolute Gasteiger partial charge is 0.455 e. The topological polar surface area (TPSA) is 47.6 Å². The van der Waals surface area contributed by atoms with Crippen LogP contribution < -0.4 is 5.32 Å². The van der Waals surface area contributed by atoms with Gasteiger partial charge in [0.1, 0.15) is 6.23 Å². The highest BCUT2D eigenvalue weighted by Crippen LogP contribution is 2.22. The van der Waals surface area contributed by atoms with E-state index in [1.54, 1.807) is 0 Å². The lowest BCUT2D eigenvalue weighted by molar-refractivity contribution is -0.141. The highest BCUT2D eigenvalue weighted by molar-refractivity contribution is 5.39. The Morgan fingerprint density at radius 3 is 2.87 bits per heavy atom. The molecule has 1 fully saturated rings. The second-order valence-corrected chi connectivity index (χ2v) is 3.31. The number of hydrogen-bond acceptors (Lipinski definition) is 4. The van der Waals surface area contributed by atoms with Crippen LogP contribution in [0, 0.1) is 0 Å². The van der Waals surface area contributed by atoms with Gasteiger partial charge in [0, 0.05) is 6.54 Å². The molecule has 0 saturated carbocycles. The molecule has 2 atom stereocenters. The lowest BCUT2D eigenvalue weighted by Gasteiger charge is -2.21. The van der Waals surface area contributed by atoms with Crippen molar-refractivity contribution in [2.45, 2.75) is 12.3 Å². The Kier molecular flexibility index (Phi) is 3.32. The van der Waals surface area contributed by atoms with Gasteiger partial charge in [0.25, 0.3) is 6.47 Å². The first-order chi connectivity index (χ1) is 7.42. The SMILES string of the molecule is O=COC(c1ccccc1)C1NCCO1. The molecule has 15 heavy (non-hydrogen) atoms. The smallest absolute Gasteiger partial charge is 0.293 e. The Bertz CT molecular complexity index is 309. The number of nitrogens with one attached hydrogen (secondary N) is 1. The second kappa shape index (κ2) is 4.91. The van der Waals surface area contributed by atoms with E-state index in [-0.39, 0.29) is 12.3 Å². The molecule has 1 heterocycles. The number of rotatable bonds is 4. The quantitative estimate of drug-likeness (QED) is 0.743. The summed E-state index contributed by atoms with van der Waals surface area (Å²) >= 11 is 0. The third-order valence-electron chi connectivity index (χ3n) is 2.35. The maximum atomic E-state index is 10.4. The zero-order valence-electron chi connectivity index (χ0n) is 8.26. The van der Waals surface area contributed by atoms with E-state index in [1.807, 2.05) is 30.3 Å². The zero-order chi connectivity index (χ0) is 10.5. The molecule has 0 radical (unpaired) electrons. The number of hydrogen-bond donors (Lipinski definition) is 1. The van der Waals surface area contributed by atoms with Crippen LogP contribution in [0.25, 0.3) is 0 Å². The minimum Gasteiger partial charge on any atom is -0.455 e. The fourth-order valence-corrected chi connectivity index (χ4v) is 1.67. The molecule has 1 aromatic rings. The van der Waals surface area contributed by atoms with Gasteiger partial charge in [-0.25, -0.2) is 0 Å². The molecule has 1 saturated heterocycles. The Morgan fingerprint density at radius 2 is 2.27 bits per heavy atom. The second-order valence-electron chi connectivity index (χ2n) is 3.31. The van der Waals surface area contributed by atoms with Gasteiger partial charge in [0.15, 0.2) is 6.10 Å². The van der Waals surface area contributed by atoms with Gasteiger partial charge in [-0.15, -0.1) is 0 Å². The predicted octanol–water partition coefficient (Wildman–Crippen LogP) is 0.847. The van der Waals surface area contributed by atoms with Crippen molar-refractivity contribution in [3.05, 3.63) is 35.9 Å². The van der Waals surface area contributed by atoms with E-state index in [1.165, 1.54) is 0 Å². The summed E-state index contributed by atoms with van der Waals surface area (Å²) in [7, 11) is 0. The van der Waals surface area contributed by atoms with Crippen LogP contribution in [0.3, 0.4) is 0 Å². The summed E-state index contributed by atoms with van der Waals surface area (Å²) in [6.07, 6.45) is -0.608. The summed E-state index contributed by atoms with van der Waals surface area (Å²) in [4.78, 5) is 10.4. The molecule has 4 nitrogen and oxygen atoms in total. The lowest BCUT2D eigenvalue weighted by Crippen LogP contribution is -2.31. The molecular formula is C11H13NO3. The number of carbonyl (C=O) groups excluding carboxylic acids is 1. The summed E-state index contributed by atoms with van der Waals surface area (Å²) in [6, 6.07) is 9.57. The van der Waals surface area contributed by atoms with Gasteiger partial charge in [-0.2, -0.15) is 0 Å². The van der Waals surface area contributed by atoms with Crippen molar-refractivity contribution >= 4 is 6.47 Å². The van der Waals surface area contributed by atoms with Gasteiger partial charge in [-0.1, -0.05) is 30.3 Å². The highest BCUT2D eigenvalue weighted by Gasteiger charge is 2.28. The predicted molar refractivity (Wildman–Crippen MR) is 54.1 cm³/mol. The summed E-state index contributed by atoms with van der Waals surface area (Å²) in [5, 5.41) is 3.13.